The number of carbonyl (C=O) groups is 2. The van der Waals surface area contributed by atoms with Gasteiger partial charge in [-0.05, 0) is 37.7 Å². The normalized spacial score (nSPS) is 23.0. The van der Waals surface area contributed by atoms with Gasteiger partial charge in [-0.1, -0.05) is 12.1 Å². The second-order valence-corrected chi connectivity index (χ2v) is 6.67. The minimum Gasteiger partial charge on any atom is -0.481 e. The van der Waals surface area contributed by atoms with Gasteiger partial charge >= 0.3 is 5.97 Å². The number of amides is 1. The minimum atomic E-state index is -0.832. The monoisotopic (exact) mass is 332 g/mol. The second kappa shape index (κ2) is 6.59. The summed E-state index contributed by atoms with van der Waals surface area (Å²) in [6, 6.07) is 6.52. The molecule has 2 saturated carbocycles. The van der Waals surface area contributed by atoms with Crippen LogP contribution in [0.15, 0.2) is 24.3 Å². The summed E-state index contributed by atoms with van der Waals surface area (Å²) in [7, 11) is 0. The summed E-state index contributed by atoms with van der Waals surface area (Å²) in [5, 5.41) is 20.0. The van der Waals surface area contributed by atoms with Crippen LogP contribution in [0.2, 0.25) is 0 Å². The Hall–Kier alpha value is -2.44. The van der Waals surface area contributed by atoms with Crippen molar-refractivity contribution in [3.05, 3.63) is 39.9 Å². The quantitative estimate of drug-likeness (QED) is 0.637. The molecular formula is C17H20N2O5. The zero-order chi connectivity index (χ0) is 17.3. The van der Waals surface area contributed by atoms with Crippen LogP contribution in [-0.2, 0) is 16.1 Å². The molecule has 1 aromatic carbocycles. The third kappa shape index (κ3) is 3.55. The molecule has 128 valence electrons. The van der Waals surface area contributed by atoms with Crippen molar-refractivity contribution in [1.29, 1.82) is 0 Å². The van der Waals surface area contributed by atoms with Gasteiger partial charge in [0, 0.05) is 30.6 Å². The van der Waals surface area contributed by atoms with Crippen LogP contribution in [0, 0.1) is 22.0 Å². The van der Waals surface area contributed by atoms with Crippen molar-refractivity contribution in [3.63, 3.8) is 0 Å². The Morgan fingerprint density at radius 1 is 1.21 bits per heavy atom. The molecule has 24 heavy (non-hydrogen) atoms. The highest BCUT2D eigenvalue weighted by atomic mass is 16.6. The number of carboxylic acid groups (broad SMARTS) is 1. The summed E-state index contributed by atoms with van der Waals surface area (Å²) in [5.74, 6) is -1.52. The summed E-state index contributed by atoms with van der Waals surface area (Å²) < 4.78 is 0. The Labute approximate surface area is 139 Å². The summed E-state index contributed by atoms with van der Waals surface area (Å²) in [5.41, 5.74) is 0.750. The van der Waals surface area contributed by atoms with E-state index in [1.165, 1.54) is 12.1 Å². The van der Waals surface area contributed by atoms with Crippen molar-refractivity contribution >= 4 is 17.6 Å². The lowest BCUT2D eigenvalue weighted by atomic mass is 10.0. The predicted molar refractivity (Wildman–Crippen MR) is 85.1 cm³/mol. The van der Waals surface area contributed by atoms with Gasteiger partial charge in [0.15, 0.2) is 0 Å². The molecule has 3 rings (SSSR count). The zero-order valence-corrected chi connectivity index (χ0v) is 13.3. The number of hydrogen-bond donors (Lipinski definition) is 1. The summed E-state index contributed by atoms with van der Waals surface area (Å²) >= 11 is 0. The van der Waals surface area contributed by atoms with Crippen molar-refractivity contribution in [1.82, 2.24) is 4.90 Å². The van der Waals surface area contributed by atoms with E-state index in [4.69, 9.17) is 5.11 Å². The molecule has 0 heterocycles. The summed E-state index contributed by atoms with van der Waals surface area (Å²) in [4.78, 5) is 36.1. The molecule has 7 nitrogen and oxygen atoms in total. The van der Waals surface area contributed by atoms with Crippen LogP contribution in [0.3, 0.4) is 0 Å². The van der Waals surface area contributed by atoms with Gasteiger partial charge in [-0.2, -0.15) is 0 Å². The van der Waals surface area contributed by atoms with Crippen LogP contribution < -0.4 is 0 Å². The van der Waals surface area contributed by atoms with Crippen molar-refractivity contribution in [2.24, 2.45) is 11.8 Å². The van der Waals surface area contributed by atoms with Gasteiger partial charge in [-0.3, -0.25) is 19.7 Å². The van der Waals surface area contributed by atoms with Crippen molar-refractivity contribution in [3.8, 4) is 0 Å². The molecule has 2 aliphatic carbocycles. The first-order valence-corrected chi connectivity index (χ1v) is 8.22. The molecule has 1 aromatic rings. The number of carbonyl (C=O) groups excluding carboxylic acids is 1. The van der Waals surface area contributed by atoms with Gasteiger partial charge in [0.2, 0.25) is 5.91 Å². The number of benzene rings is 1. The SMILES string of the molecule is O=C(O)[C@@H]1CC[C@H](C(=O)N(Cc2cccc([N+](=O)[O-])c2)C2CC2)C1. The first-order valence-electron chi connectivity index (χ1n) is 8.22. The minimum absolute atomic E-state index is 0.00671. The van der Waals surface area contributed by atoms with E-state index < -0.39 is 16.8 Å². The van der Waals surface area contributed by atoms with Crippen molar-refractivity contribution in [2.75, 3.05) is 0 Å². The topological polar surface area (TPSA) is 101 Å². The van der Waals surface area contributed by atoms with Crippen LogP contribution in [0.1, 0.15) is 37.7 Å². The highest BCUT2D eigenvalue weighted by molar-refractivity contribution is 5.81. The third-order valence-electron chi connectivity index (χ3n) is 4.88. The average Bonchev–Trinajstić information content (AvgIpc) is 3.27. The van der Waals surface area contributed by atoms with Gasteiger partial charge in [-0.15, -0.1) is 0 Å². The maximum atomic E-state index is 12.8. The Kier molecular flexibility index (Phi) is 4.51. The third-order valence-corrected chi connectivity index (χ3v) is 4.88. The Balaban J connectivity index is 1.71. The highest BCUT2D eigenvalue weighted by Crippen LogP contribution is 2.36. The molecule has 0 aliphatic heterocycles. The van der Waals surface area contributed by atoms with E-state index in [9.17, 15) is 19.7 Å². The lowest BCUT2D eigenvalue weighted by molar-refractivity contribution is -0.384. The number of carboxylic acids is 1. The molecule has 1 N–H and O–H groups in total. The van der Waals surface area contributed by atoms with Crippen LogP contribution in [-0.4, -0.2) is 32.8 Å². The highest BCUT2D eigenvalue weighted by Gasteiger charge is 2.40. The second-order valence-electron chi connectivity index (χ2n) is 6.67. The number of nitro groups is 1. The van der Waals surface area contributed by atoms with E-state index in [-0.39, 0.29) is 23.6 Å². The molecule has 2 aliphatic rings. The van der Waals surface area contributed by atoms with Crippen LogP contribution in [0.25, 0.3) is 0 Å². The van der Waals surface area contributed by atoms with Crippen LogP contribution >= 0.6 is 0 Å². The fourth-order valence-electron chi connectivity index (χ4n) is 3.40. The maximum absolute atomic E-state index is 12.8. The lowest BCUT2D eigenvalue weighted by Crippen LogP contribution is -2.36. The smallest absolute Gasteiger partial charge is 0.306 e. The maximum Gasteiger partial charge on any atom is 0.306 e. The van der Waals surface area contributed by atoms with Crippen LogP contribution in [0.5, 0.6) is 0 Å². The predicted octanol–water partition coefficient (Wildman–Crippen LogP) is 2.59. The van der Waals surface area contributed by atoms with Gasteiger partial charge in [0.1, 0.15) is 0 Å². The Bertz CT molecular complexity index is 671. The number of non-ortho nitro benzene ring substituents is 1. The first kappa shape index (κ1) is 16.4. The molecule has 0 radical (unpaired) electrons. The first-order chi connectivity index (χ1) is 11.5. The Morgan fingerprint density at radius 2 is 1.92 bits per heavy atom. The number of rotatable bonds is 6. The number of hydrogen-bond acceptors (Lipinski definition) is 4. The van der Waals surface area contributed by atoms with E-state index >= 15 is 0 Å². The molecule has 0 unspecified atom stereocenters. The van der Waals surface area contributed by atoms with E-state index in [1.54, 1.807) is 17.0 Å². The van der Waals surface area contributed by atoms with Crippen LogP contribution in [0.4, 0.5) is 5.69 Å². The van der Waals surface area contributed by atoms with E-state index in [0.717, 1.165) is 18.4 Å². The number of nitrogens with zero attached hydrogens (tertiary/aromatic N) is 2. The summed E-state index contributed by atoms with van der Waals surface area (Å²) in [6.45, 7) is 0.347. The van der Waals surface area contributed by atoms with Gasteiger partial charge in [0.05, 0.1) is 10.8 Å². The molecule has 0 bridgehead atoms. The number of aliphatic carboxylic acids is 1. The molecule has 1 amide bonds. The van der Waals surface area contributed by atoms with Crippen molar-refractivity contribution in [2.45, 2.75) is 44.7 Å². The molecule has 0 aromatic heterocycles. The zero-order valence-electron chi connectivity index (χ0n) is 13.3. The fourth-order valence-corrected chi connectivity index (χ4v) is 3.40. The largest absolute Gasteiger partial charge is 0.481 e. The fraction of sp³-hybridized carbons (Fsp3) is 0.529. The Morgan fingerprint density at radius 3 is 2.50 bits per heavy atom. The lowest BCUT2D eigenvalue weighted by Gasteiger charge is -2.25. The van der Waals surface area contributed by atoms with E-state index in [1.807, 2.05) is 0 Å². The number of nitro benzene ring substituents is 1. The average molecular weight is 332 g/mol. The molecular weight excluding hydrogens is 312 g/mol. The van der Waals surface area contributed by atoms with Gasteiger partial charge in [0.25, 0.3) is 5.69 Å². The standard InChI is InChI=1S/C17H20N2O5/c20-16(12-4-5-13(9-12)17(21)22)18(14-6-7-14)10-11-2-1-3-15(8-11)19(23)24/h1-3,8,12-14H,4-7,9-10H2,(H,21,22)/t12-,13+/m0/s1. The molecule has 2 fully saturated rings. The van der Waals surface area contributed by atoms with Gasteiger partial charge < -0.3 is 10.0 Å². The van der Waals surface area contributed by atoms with E-state index in [2.05, 4.69) is 0 Å². The van der Waals surface area contributed by atoms with Gasteiger partial charge in [-0.25, -0.2) is 0 Å². The molecule has 0 saturated heterocycles. The van der Waals surface area contributed by atoms with Crippen molar-refractivity contribution < 1.29 is 19.6 Å². The molecule has 0 spiro atoms. The summed E-state index contributed by atoms with van der Waals surface area (Å²) in [6.07, 6.45) is 3.42. The molecule has 7 heteroatoms. The van der Waals surface area contributed by atoms with E-state index in [0.29, 0.717) is 25.8 Å². The molecule has 2 atom stereocenters.